The van der Waals surface area contributed by atoms with Gasteiger partial charge in [-0.2, -0.15) is 0 Å². The number of rotatable bonds is 5. The lowest BCUT2D eigenvalue weighted by Gasteiger charge is -2.12. The zero-order valence-corrected chi connectivity index (χ0v) is 7.87. The van der Waals surface area contributed by atoms with Crippen LogP contribution in [-0.2, 0) is 6.42 Å². The molecule has 0 bridgehead atoms. The molecule has 0 saturated heterocycles. The Kier molecular flexibility index (Phi) is 4.50. The van der Waals surface area contributed by atoms with Crippen molar-refractivity contribution in [2.24, 2.45) is 11.0 Å². The summed E-state index contributed by atoms with van der Waals surface area (Å²) in [7, 11) is 0. The molecule has 0 aliphatic heterocycles. The molecule has 0 aliphatic carbocycles. The molecule has 0 amide bonds. The van der Waals surface area contributed by atoms with Crippen molar-refractivity contribution in [3.63, 3.8) is 0 Å². The monoisotopic (exact) mass is 191 g/mol. The van der Waals surface area contributed by atoms with E-state index < -0.39 is 0 Å². The number of azide groups is 1. The van der Waals surface area contributed by atoms with E-state index in [0.29, 0.717) is 6.54 Å². The fourth-order valence-corrected chi connectivity index (χ4v) is 1.10. The minimum absolute atomic E-state index is 0.212. The van der Waals surface area contributed by atoms with Gasteiger partial charge in [0.2, 0.25) is 0 Å². The molecule has 0 aromatic heterocycles. The van der Waals surface area contributed by atoms with E-state index in [4.69, 9.17) is 11.4 Å². The molecule has 0 radical (unpaired) electrons. The molecule has 5 nitrogen and oxygen atoms in total. The summed E-state index contributed by atoms with van der Waals surface area (Å²) in [6, 6.07) is 10.0. The molecule has 0 aliphatic rings. The SMILES string of the molecule is [N-]=[N+]=NCN(N)CCc1ccccc1. The number of hydrazine groups is 1. The highest BCUT2D eigenvalue weighted by Gasteiger charge is 1.97. The van der Waals surface area contributed by atoms with Crippen LogP contribution in [0.5, 0.6) is 0 Å². The van der Waals surface area contributed by atoms with Gasteiger partial charge in [0, 0.05) is 11.5 Å². The summed E-state index contributed by atoms with van der Waals surface area (Å²) in [5, 5.41) is 4.86. The lowest BCUT2D eigenvalue weighted by Crippen LogP contribution is -2.32. The van der Waals surface area contributed by atoms with Crippen molar-refractivity contribution in [1.29, 1.82) is 0 Å². The first-order chi connectivity index (χ1) is 6.83. The minimum atomic E-state index is 0.212. The molecule has 0 unspecified atom stereocenters. The van der Waals surface area contributed by atoms with Crippen molar-refractivity contribution in [3.8, 4) is 0 Å². The van der Waals surface area contributed by atoms with Gasteiger partial charge in [-0.25, -0.2) is 5.01 Å². The second kappa shape index (κ2) is 5.99. The van der Waals surface area contributed by atoms with Crippen LogP contribution in [0, 0.1) is 0 Å². The van der Waals surface area contributed by atoms with Gasteiger partial charge < -0.3 is 0 Å². The van der Waals surface area contributed by atoms with Gasteiger partial charge in [-0.3, -0.25) is 5.84 Å². The molecule has 1 aromatic carbocycles. The zero-order valence-electron chi connectivity index (χ0n) is 7.87. The predicted molar refractivity (Wildman–Crippen MR) is 55.1 cm³/mol. The van der Waals surface area contributed by atoms with Crippen LogP contribution in [0.1, 0.15) is 5.56 Å². The van der Waals surface area contributed by atoms with Gasteiger partial charge >= 0.3 is 0 Å². The number of benzene rings is 1. The molecule has 0 spiro atoms. The average Bonchev–Trinajstić information content (AvgIpc) is 2.25. The van der Waals surface area contributed by atoms with E-state index in [0.717, 1.165) is 6.42 Å². The Morgan fingerprint density at radius 3 is 2.71 bits per heavy atom. The Bertz CT molecular complexity index is 304. The highest BCUT2D eigenvalue weighted by Crippen LogP contribution is 1.99. The molecule has 74 valence electrons. The van der Waals surface area contributed by atoms with E-state index in [-0.39, 0.29) is 6.67 Å². The first-order valence-electron chi connectivity index (χ1n) is 4.37. The first-order valence-corrected chi connectivity index (χ1v) is 4.37. The van der Waals surface area contributed by atoms with E-state index in [9.17, 15) is 0 Å². The molecular weight excluding hydrogens is 178 g/mol. The number of nitrogens with two attached hydrogens (primary N) is 1. The molecular formula is C9H13N5. The van der Waals surface area contributed by atoms with Gasteiger partial charge in [0.05, 0.1) is 6.67 Å². The van der Waals surface area contributed by atoms with Crippen LogP contribution < -0.4 is 5.84 Å². The number of hydrogen-bond donors (Lipinski definition) is 1. The predicted octanol–water partition coefficient (Wildman–Crippen LogP) is 1.67. The van der Waals surface area contributed by atoms with Gasteiger partial charge in [-0.1, -0.05) is 35.4 Å². The quantitative estimate of drug-likeness (QED) is 0.252. The van der Waals surface area contributed by atoms with E-state index in [2.05, 4.69) is 10.0 Å². The van der Waals surface area contributed by atoms with Crippen molar-refractivity contribution in [2.75, 3.05) is 13.2 Å². The van der Waals surface area contributed by atoms with Crippen molar-refractivity contribution >= 4 is 0 Å². The molecule has 0 heterocycles. The van der Waals surface area contributed by atoms with Crippen LogP contribution in [0.25, 0.3) is 10.4 Å². The molecule has 0 atom stereocenters. The molecule has 0 saturated carbocycles. The topological polar surface area (TPSA) is 78.0 Å². The standard InChI is InChI=1S/C9H13N5/c10-13-12-8-14(11)7-6-9-4-2-1-3-5-9/h1-5H,6-8,11H2. The van der Waals surface area contributed by atoms with Gasteiger partial charge in [-0.05, 0) is 17.5 Å². The number of nitrogens with zero attached hydrogens (tertiary/aromatic N) is 4. The Morgan fingerprint density at radius 2 is 2.07 bits per heavy atom. The smallest absolute Gasteiger partial charge is 0.0917 e. The third-order valence-electron chi connectivity index (χ3n) is 1.84. The summed E-state index contributed by atoms with van der Waals surface area (Å²) >= 11 is 0. The maximum atomic E-state index is 8.08. The summed E-state index contributed by atoms with van der Waals surface area (Å²) in [4.78, 5) is 2.63. The van der Waals surface area contributed by atoms with Crippen LogP contribution in [0.2, 0.25) is 0 Å². The minimum Gasteiger partial charge on any atom is -0.269 e. The van der Waals surface area contributed by atoms with Crippen molar-refractivity contribution in [3.05, 3.63) is 46.3 Å². The second-order valence-electron chi connectivity index (χ2n) is 2.92. The Labute approximate surface area is 82.7 Å². The fourth-order valence-electron chi connectivity index (χ4n) is 1.10. The highest BCUT2D eigenvalue weighted by atomic mass is 15.4. The van der Waals surface area contributed by atoms with E-state index in [1.165, 1.54) is 10.6 Å². The Morgan fingerprint density at radius 1 is 1.36 bits per heavy atom. The van der Waals surface area contributed by atoms with Gasteiger partial charge in [0.15, 0.2) is 0 Å². The molecule has 2 N–H and O–H groups in total. The normalized spacial score (nSPS) is 9.86. The largest absolute Gasteiger partial charge is 0.269 e. The van der Waals surface area contributed by atoms with Crippen molar-refractivity contribution in [1.82, 2.24) is 5.01 Å². The molecule has 0 fully saturated rings. The summed E-state index contributed by atoms with van der Waals surface area (Å²) in [6.07, 6.45) is 0.859. The zero-order chi connectivity index (χ0) is 10.2. The number of hydrogen-bond acceptors (Lipinski definition) is 3. The summed E-state index contributed by atoms with van der Waals surface area (Å²) in [5.41, 5.74) is 9.30. The summed E-state index contributed by atoms with van der Waals surface area (Å²) in [5.74, 6) is 5.58. The van der Waals surface area contributed by atoms with Crippen LogP contribution in [0.3, 0.4) is 0 Å². The van der Waals surface area contributed by atoms with Gasteiger partial charge in [0.1, 0.15) is 0 Å². The maximum absolute atomic E-state index is 8.08. The Balaban J connectivity index is 2.30. The third-order valence-corrected chi connectivity index (χ3v) is 1.84. The van der Waals surface area contributed by atoms with Crippen molar-refractivity contribution in [2.45, 2.75) is 6.42 Å². The molecule has 1 rings (SSSR count). The van der Waals surface area contributed by atoms with Gasteiger partial charge in [-0.15, -0.1) is 0 Å². The maximum Gasteiger partial charge on any atom is 0.0917 e. The summed E-state index contributed by atoms with van der Waals surface area (Å²) < 4.78 is 0. The second-order valence-corrected chi connectivity index (χ2v) is 2.92. The van der Waals surface area contributed by atoms with E-state index >= 15 is 0 Å². The average molecular weight is 191 g/mol. The van der Waals surface area contributed by atoms with Crippen LogP contribution >= 0.6 is 0 Å². The molecule has 5 heteroatoms. The van der Waals surface area contributed by atoms with Crippen molar-refractivity contribution < 1.29 is 0 Å². The Hall–Kier alpha value is -1.55. The van der Waals surface area contributed by atoms with E-state index in [1.807, 2.05) is 30.3 Å². The molecule has 14 heavy (non-hydrogen) atoms. The lowest BCUT2D eigenvalue weighted by molar-refractivity contribution is 0.295. The fraction of sp³-hybridized carbons (Fsp3) is 0.333. The summed E-state index contributed by atoms with van der Waals surface area (Å²) in [6.45, 7) is 0.895. The van der Waals surface area contributed by atoms with Gasteiger partial charge in [0.25, 0.3) is 0 Å². The van der Waals surface area contributed by atoms with Crippen LogP contribution in [0.15, 0.2) is 35.4 Å². The first kappa shape index (κ1) is 10.5. The molecule has 1 aromatic rings. The van der Waals surface area contributed by atoms with Crippen LogP contribution in [0.4, 0.5) is 0 Å². The highest BCUT2D eigenvalue weighted by molar-refractivity contribution is 5.14. The van der Waals surface area contributed by atoms with Crippen LogP contribution in [-0.4, -0.2) is 18.2 Å². The van der Waals surface area contributed by atoms with E-state index in [1.54, 1.807) is 0 Å². The third kappa shape index (κ3) is 3.91. The lowest BCUT2D eigenvalue weighted by atomic mass is 10.1.